The molecule has 8 heteroatoms. The van der Waals surface area contributed by atoms with E-state index in [4.69, 9.17) is 39.8 Å². The summed E-state index contributed by atoms with van der Waals surface area (Å²) in [5.41, 5.74) is 1.79. The highest BCUT2D eigenvalue weighted by Crippen LogP contribution is 2.44. The van der Waals surface area contributed by atoms with Crippen molar-refractivity contribution in [2.24, 2.45) is 0 Å². The lowest BCUT2D eigenvalue weighted by atomic mass is 10.0. The minimum atomic E-state index is -0.471. The molecule has 1 aliphatic heterocycles. The molecular formula is C24H16Cl2FN3OS. The normalized spacial score (nSPS) is 18.1. The van der Waals surface area contributed by atoms with Crippen LogP contribution in [0, 0.1) is 5.82 Å². The van der Waals surface area contributed by atoms with E-state index in [1.807, 2.05) is 36.4 Å². The molecule has 1 fully saturated rings. The van der Waals surface area contributed by atoms with Crippen molar-refractivity contribution in [3.8, 4) is 11.3 Å². The third-order valence-corrected chi connectivity index (χ3v) is 6.48. The van der Waals surface area contributed by atoms with Crippen LogP contribution in [0.5, 0.6) is 0 Å². The summed E-state index contributed by atoms with van der Waals surface area (Å²) in [7, 11) is 0. The molecule has 5 rings (SSSR count). The van der Waals surface area contributed by atoms with Gasteiger partial charge in [0.2, 0.25) is 0 Å². The SMILES string of the molecule is Fc1ccccc1N1C(=S)N[C@@H](c2ccccn2)[C@@H]1c1ccc(-c2cccc(Cl)c2Cl)o1. The third-order valence-electron chi connectivity index (χ3n) is 5.35. The molecule has 1 aliphatic rings. The number of nitrogens with zero attached hydrogens (tertiary/aromatic N) is 2. The summed E-state index contributed by atoms with van der Waals surface area (Å²) in [6.45, 7) is 0. The van der Waals surface area contributed by atoms with Crippen molar-refractivity contribution >= 4 is 46.2 Å². The van der Waals surface area contributed by atoms with Gasteiger partial charge in [-0.15, -0.1) is 0 Å². The van der Waals surface area contributed by atoms with Crippen LogP contribution in [-0.4, -0.2) is 10.1 Å². The average Bonchev–Trinajstić information content (AvgIpc) is 3.41. The van der Waals surface area contributed by atoms with Gasteiger partial charge in [-0.25, -0.2) is 4.39 Å². The highest BCUT2D eigenvalue weighted by Gasteiger charge is 2.43. The first-order chi connectivity index (χ1) is 15.5. The predicted octanol–water partition coefficient (Wildman–Crippen LogP) is 6.96. The van der Waals surface area contributed by atoms with Crippen LogP contribution in [0.25, 0.3) is 11.3 Å². The highest BCUT2D eigenvalue weighted by molar-refractivity contribution is 7.80. The molecule has 2 aromatic carbocycles. The number of pyridine rings is 1. The van der Waals surface area contributed by atoms with Crippen LogP contribution in [0.2, 0.25) is 10.0 Å². The van der Waals surface area contributed by atoms with E-state index in [9.17, 15) is 4.39 Å². The van der Waals surface area contributed by atoms with Crippen molar-refractivity contribution in [2.75, 3.05) is 4.90 Å². The van der Waals surface area contributed by atoms with Crippen LogP contribution in [0.4, 0.5) is 10.1 Å². The van der Waals surface area contributed by atoms with Crippen LogP contribution in [-0.2, 0) is 0 Å². The van der Waals surface area contributed by atoms with Gasteiger partial charge >= 0.3 is 0 Å². The highest BCUT2D eigenvalue weighted by atomic mass is 35.5. The number of hydrogen-bond donors (Lipinski definition) is 1. The fourth-order valence-corrected chi connectivity index (χ4v) is 4.63. The van der Waals surface area contributed by atoms with E-state index >= 15 is 0 Å². The molecular weight excluding hydrogens is 468 g/mol. The van der Waals surface area contributed by atoms with Crippen LogP contribution in [0.3, 0.4) is 0 Å². The number of halogens is 3. The van der Waals surface area contributed by atoms with Crippen LogP contribution in [0.15, 0.2) is 83.4 Å². The maximum absolute atomic E-state index is 14.8. The van der Waals surface area contributed by atoms with Crippen molar-refractivity contribution in [3.05, 3.63) is 106 Å². The molecule has 4 aromatic rings. The van der Waals surface area contributed by atoms with E-state index < -0.39 is 6.04 Å². The zero-order valence-corrected chi connectivity index (χ0v) is 18.8. The van der Waals surface area contributed by atoms with Gasteiger partial charge in [0.15, 0.2) is 5.11 Å². The summed E-state index contributed by atoms with van der Waals surface area (Å²) in [4.78, 5) is 6.22. The fraction of sp³-hybridized carbons (Fsp3) is 0.0833. The number of anilines is 1. The number of aromatic nitrogens is 1. The molecule has 3 heterocycles. The quantitative estimate of drug-likeness (QED) is 0.317. The van der Waals surface area contributed by atoms with Crippen LogP contribution in [0.1, 0.15) is 23.5 Å². The maximum Gasteiger partial charge on any atom is 0.174 e. The van der Waals surface area contributed by atoms with Crippen molar-refractivity contribution in [3.63, 3.8) is 0 Å². The smallest absolute Gasteiger partial charge is 0.174 e. The Kier molecular flexibility index (Phi) is 5.59. The third kappa shape index (κ3) is 3.64. The Bertz CT molecular complexity index is 1300. The fourth-order valence-electron chi connectivity index (χ4n) is 3.90. The van der Waals surface area contributed by atoms with Crippen molar-refractivity contribution in [2.45, 2.75) is 12.1 Å². The van der Waals surface area contributed by atoms with Gasteiger partial charge in [0, 0.05) is 11.8 Å². The topological polar surface area (TPSA) is 41.3 Å². The monoisotopic (exact) mass is 483 g/mol. The summed E-state index contributed by atoms with van der Waals surface area (Å²) in [6, 6.07) is 20.3. The first kappa shape index (κ1) is 20.9. The lowest BCUT2D eigenvalue weighted by Gasteiger charge is -2.26. The summed E-state index contributed by atoms with van der Waals surface area (Å²) >= 11 is 18.2. The molecule has 2 atom stereocenters. The molecule has 2 aromatic heterocycles. The van der Waals surface area contributed by atoms with Crippen molar-refractivity contribution < 1.29 is 8.81 Å². The first-order valence-electron chi connectivity index (χ1n) is 9.84. The minimum absolute atomic E-state index is 0.350. The van der Waals surface area contributed by atoms with Crippen LogP contribution >= 0.6 is 35.4 Å². The second-order valence-corrected chi connectivity index (χ2v) is 8.42. The molecule has 0 spiro atoms. The zero-order chi connectivity index (χ0) is 22.2. The molecule has 4 nitrogen and oxygen atoms in total. The average molecular weight is 484 g/mol. The van der Waals surface area contributed by atoms with Gasteiger partial charge in [-0.05, 0) is 60.7 Å². The van der Waals surface area contributed by atoms with E-state index in [0.717, 1.165) is 5.69 Å². The number of para-hydroxylation sites is 1. The Labute approximate surface area is 199 Å². The van der Waals surface area contributed by atoms with Gasteiger partial charge < -0.3 is 14.6 Å². The van der Waals surface area contributed by atoms with Gasteiger partial charge in [0.1, 0.15) is 23.4 Å². The number of rotatable bonds is 4. The number of hydrogen-bond acceptors (Lipinski definition) is 3. The van der Waals surface area contributed by atoms with E-state index in [1.54, 1.807) is 41.4 Å². The number of furan rings is 1. The van der Waals surface area contributed by atoms with E-state index in [0.29, 0.717) is 37.9 Å². The maximum atomic E-state index is 14.8. The molecule has 0 aliphatic carbocycles. The van der Waals surface area contributed by atoms with Gasteiger partial charge in [0.05, 0.1) is 27.5 Å². The second kappa shape index (κ2) is 8.54. The Balaban J connectivity index is 1.63. The largest absolute Gasteiger partial charge is 0.459 e. The Morgan fingerprint density at radius 3 is 2.56 bits per heavy atom. The lowest BCUT2D eigenvalue weighted by Crippen LogP contribution is -2.30. The molecule has 0 radical (unpaired) electrons. The molecule has 32 heavy (non-hydrogen) atoms. The second-order valence-electron chi connectivity index (χ2n) is 7.25. The molecule has 0 bridgehead atoms. The van der Waals surface area contributed by atoms with Crippen LogP contribution < -0.4 is 10.2 Å². The lowest BCUT2D eigenvalue weighted by molar-refractivity contribution is 0.438. The summed E-state index contributed by atoms with van der Waals surface area (Å²) < 4.78 is 21.0. The molecule has 160 valence electrons. The van der Waals surface area contributed by atoms with Gasteiger partial charge in [-0.2, -0.15) is 0 Å². The zero-order valence-electron chi connectivity index (χ0n) is 16.5. The molecule has 1 saturated heterocycles. The van der Waals surface area contributed by atoms with E-state index in [2.05, 4.69) is 10.3 Å². The first-order valence-corrected chi connectivity index (χ1v) is 11.0. The summed E-state index contributed by atoms with van der Waals surface area (Å²) in [6.07, 6.45) is 1.71. The number of thiocarbonyl (C=S) groups is 1. The molecule has 0 saturated carbocycles. The summed E-state index contributed by atoms with van der Waals surface area (Å²) in [5, 5.41) is 4.51. The van der Waals surface area contributed by atoms with Crippen molar-refractivity contribution in [1.29, 1.82) is 0 Å². The number of nitrogens with one attached hydrogen (secondary N) is 1. The van der Waals surface area contributed by atoms with Crippen molar-refractivity contribution in [1.82, 2.24) is 10.3 Å². The predicted molar refractivity (Wildman–Crippen MR) is 128 cm³/mol. The Morgan fingerprint density at radius 1 is 0.969 bits per heavy atom. The summed E-state index contributed by atoms with van der Waals surface area (Å²) in [5.74, 6) is 0.758. The molecule has 0 amide bonds. The van der Waals surface area contributed by atoms with Gasteiger partial charge in [0.25, 0.3) is 0 Å². The number of benzene rings is 2. The minimum Gasteiger partial charge on any atom is -0.459 e. The molecule has 1 N–H and O–H groups in total. The Hall–Kier alpha value is -2.93. The standard InChI is InChI=1S/C24H16Cl2FN3OS/c25-15-7-5-6-14(21(15)26)19-11-12-20(31-19)23-22(17-9-3-4-13-28-17)29-24(32)30(23)18-10-2-1-8-16(18)27/h1-13,22-23H,(H,29,32)/t22-,23-/m0/s1. The van der Waals surface area contributed by atoms with Gasteiger partial charge in [-0.3, -0.25) is 4.98 Å². The Morgan fingerprint density at radius 2 is 1.78 bits per heavy atom. The van der Waals surface area contributed by atoms with Gasteiger partial charge in [-0.1, -0.05) is 47.5 Å². The van der Waals surface area contributed by atoms with E-state index in [1.165, 1.54) is 6.07 Å². The molecule has 0 unspecified atom stereocenters. The van der Waals surface area contributed by atoms with E-state index in [-0.39, 0.29) is 11.9 Å².